The molecule has 1 aromatic carbocycles. The van der Waals surface area contributed by atoms with Crippen molar-refractivity contribution in [3.8, 4) is 0 Å². The van der Waals surface area contributed by atoms with Crippen LogP contribution in [0.25, 0.3) is 0 Å². The topological polar surface area (TPSA) is 102 Å². The fourth-order valence-corrected chi connectivity index (χ4v) is 3.73. The number of esters is 1. The Kier molecular flexibility index (Phi) is 7.65. The van der Waals surface area contributed by atoms with Gasteiger partial charge >= 0.3 is 12.1 Å². The summed E-state index contributed by atoms with van der Waals surface area (Å²) in [4.78, 5) is 25.7. The van der Waals surface area contributed by atoms with Gasteiger partial charge in [0.05, 0.1) is 17.1 Å². The Bertz CT molecular complexity index is 810. The molecule has 0 saturated heterocycles. The van der Waals surface area contributed by atoms with Gasteiger partial charge in [-0.25, -0.2) is 22.7 Å². The molecule has 0 heterocycles. The van der Waals surface area contributed by atoms with E-state index in [1.54, 1.807) is 11.8 Å². The molecule has 0 atom stereocenters. The van der Waals surface area contributed by atoms with Gasteiger partial charge in [0.2, 0.25) is 10.0 Å². The van der Waals surface area contributed by atoms with Gasteiger partial charge in [0.25, 0.3) is 0 Å². The number of sulfonamides is 1. The van der Waals surface area contributed by atoms with Crippen LogP contribution in [0, 0.1) is 0 Å². The summed E-state index contributed by atoms with van der Waals surface area (Å²) in [5.41, 5.74) is -0.273. The molecule has 0 unspecified atom stereocenters. The second kappa shape index (κ2) is 9.58. The summed E-state index contributed by atoms with van der Waals surface area (Å²) in [6.07, 6.45) is 1.99. The maximum Gasteiger partial charge on any atom is 0.410 e. The zero-order valence-corrected chi connectivity index (χ0v) is 18.3. The highest BCUT2D eigenvalue weighted by molar-refractivity contribution is 7.89. The third-order valence-electron chi connectivity index (χ3n) is 4.16. The van der Waals surface area contributed by atoms with E-state index >= 15 is 0 Å². The summed E-state index contributed by atoms with van der Waals surface area (Å²) in [6, 6.07) is 5.75. The quantitative estimate of drug-likeness (QED) is 0.481. The van der Waals surface area contributed by atoms with Gasteiger partial charge in [-0.05, 0) is 71.2 Å². The summed E-state index contributed by atoms with van der Waals surface area (Å²) in [5, 5.41) is 0. The van der Waals surface area contributed by atoms with Crippen molar-refractivity contribution in [3.05, 3.63) is 29.8 Å². The second-order valence-electron chi connectivity index (χ2n) is 7.90. The molecular weight excluding hydrogens is 396 g/mol. The van der Waals surface area contributed by atoms with E-state index in [1.807, 2.05) is 20.8 Å². The van der Waals surface area contributed by atoms with Gasteiger partial charge in [0.1, 0.15) is 5.60 Å². The van der Waals surface area contributed by atoms with E-state index in [9.17, 15) is 18.0 Å². The molecule has 0 radical (unpaired) electrons. The molecule has 1 N–H and O–H groups in total. The number of amides is 1. The van der Waals surface area contributed by atoms with Gasteiger partial charge in [-0.1, -0.05) is 0 Å². The number of nitrogens with one attached hydrogen (secondary N) is 1. The van der Waals surface area contributed by atoms with Crippen LogP contribution in [0.2, 0.25) is 0 Å². The minimum Gasteiger partial charge on any atom is -0.462 e. The van der Waals surface area contributed by atoms with E-state index in [2.05, 4.69) is 4.72 Å². The average molecular weight is 427 g/mol. The Morgan fingerprint density at radius 1 is 1.17 bits per heavy atom. The molecule has 29 heavy (non-hydrogen) atoms. The molecule has 0 spiro atoms. The second-order valence-corrected chi connectivity index (χ2v) is 9.67. The summed E-state index contributed by atoms with van der Waals surface area (Å²) in [6.45, 7) is 8.01. The molecule has 0 aromatic heterocycles. The van der Waals surface area contributed by atoms with Crippen molar-refractivity contribution in [3.63, 3.8) is 0 Å². The van der Waals surface area contributed by atoms with Crippen LogP contribution in [-0.4, -0.2) is 56.7 Å². The van der Waals surface area contributed by atoms with Crippen molar-refractivity contribution >= 4 is 22.1 Å². The van der Waals surface area contributed by atoms with Crippen LogP contribution in [-0.2, 0) is 19.5 Å². The first-order valence-corrected chi connectivity index (χ1v) is 11.3. The van der Waals surface area contributed by atoms with Crippen molar-refractivity contribution in [2.45, 2.75) is 63.5 Å². The van der Waals surface area contributed by atoms with E-state index < -0.39 is 21.6 Å². The van der Waals surface area contributed by atoms with Crippen molar-refractivity contribution in [2.75, 3.05) is 19.7 Å². The first kappa shape index (κ1) is 23.2. The summed E-state index contributed by atoms with van der Waals surface area (Å²) in [7, 11) is -3.70. The summed E-state index contributed by atoms with van der Waals surface area (Å²) >= 11 is 0. The number of nitrogens with zero attached hydrogens (tertiary/aromatic N) is 1. The molecule has 162 valence electrons. The molecule has 0 aliphatic heterocycles. The predicted octanol–water partition coefficient (Wildman–Crippen LogP) is 2.93. The molecule has 9 heteroatoms. The number of hydrogen-bond donors (Lipinski definition) is 1. The van der Waals surface area contributed by atoms with E-state index in [4.69, 9.17) is 9.47 Å². The Morgan fingerprint density at radius 2 is 1.79 bits per heavy atom. The standard InChI is InChI=1S/C20H30N2O6S/c1-5-27-18(23)15-7-11-17(12-8-15)29(25,26)21-13-6-14-22(16-9-10-16)19(24)28-20(2,3)4/h7-8,11-12,16,21H,5-6,9-10,13-14H2,1-4H3. The number of rotatable bonds is 9. The molecule has 1 aromatic rings. The number of carbonyl (C=O) groups excluding carboxylic acids is 2. The lowest BCUT2D eigenvalue weighted by molar-refractivity contribution is 0.0232. The zero-order valence-electron chi connectivity index (χ0n) is 17.4. The van der Waals surface area contributed by atoms with Gasteiger partial charge in [0, 0.05) is 19.1 Å². The van der Waals surface area contributed by atoms with E-state index in [-0.39, 0.29) is 30.2 Å². The van der Waals surface area contributed by atoms with E-state index in [1.165, 1.54) is 24.3 Å². The Morgan fingerprint density at radius 3 is 2.31 bits per heavy atom. The summed E-state index contributed by atoms with van der Waals surface area (Å²) < 4.78 is 37.7. The van der Waals surface area contributed by atoms with Crippen LogP contribution in [0.3, 0.4) is 0 Å². The van der Waals surface area contributed by atoms with Gasteiger partial charge in [-0.2, -0.15) is 0 Å². The van der Waals surface area contributed by atoms with Crippen LogP contribution >= 0.6 is 0 Å². The van der Waals surface area contributed by atoms with Crippen LogP contribution < -0.4 is 4.72 Å². The Hall–Kier alpha value is -2.13. The Balaban J connectivity index is 1.86. The first-order chi connectivity index (χ1) is 13.5. The van der Waals surface area contributed by atoms with Crippen LogP contribution in [0.1, 0.15) is 57.3 Å². The molecule has 8 nitrogen and oxygen atoms in total. The highest BCUT2D eigenvalue weighted by Gasteiger charge is 2.34. The normalized spacial score (nSPS) is 14.3. The highest BCUT2D eigenvalue weighted by Crippen LogP contribution is 2.28. The molecule has 1 fully saturated rings. The number of hydrogen-bond acceptors (Lipinski definition) is 6. The maximum absolute atomic E-state index is 12.4. The fourth-order valence-electron chi connectivity index (χ4n) is 2.65. The zero-order chi connectivity index (χ0) is 21.7. The van der Waals surface area contributed by atoms with Crippen molar-refractivity contribution in [1.29, 1.82) is 0 Å². The van der Waals surface area contributed by atoms with Crippen molar-refractivity contribution in [1.82, 2.24) is 9.62 Å². The van der Waals surface area contributed by atoms with E-state index in [0.717, 1.165) is 12.8 Å². The monoisotopic (exact) mass is 426 g/mol. The lowest BCUT2D eigenvalue weighted by Crippen LogP contribution is -2.39. The van der Waals surface area contributed by atoms with Gasteiger partial charge in [-0.15, -0.1) is 0 Å². The molecule has 1 amide bonds. The maximum atomic E-state index is 12.4. The fraction of sp³-hybridized carbons (Fsp3) is 0.600. The van der Waals surface area contributed by atoms with Crippen LogP contribution in [0.15, 0.2) is 29.2 Å². The minimum absolute atomic E-state index is 0.0664. The SMILES string of the molecule is CCOC(=O)c1ccc(S(=O)(=O)NCCCN(C(=O)OC(C)(C)C)C2CC2)cc1. The highest BCUT2D eigenvalue weighted by atomic mass is 32.2. The smallest absolute Gasteiger partial charge is 0.410 e. The molecule has 0 bridgehead atoms. The average Bonchev–Trinajstić information content (AvgIpc) is 3.45. The van der Waals surface area contributed by atoms with Gasteiger partial charge in [0.15, 0.2) is 0 Å². The lowest BCUT2D eigenvalue weighted by Gasteiger charge is -2.27. The third kappa shape index (κ3) is 7.32. The molecule has 1 aliphatic carbocycles. The van der Waals surface area contributed by atoms with Crippen molar-refractivity contribution < 1.29 is 27.5 Å². The number of benzene rings is 1. The minimum atomic E-state index is -3.70. The van der Waals surface area contributed by atoms with Crippen molar-refractivity contribution in [2.24, 2.45) is 0 Å². The molecule has 1 aliphatic rings. The van der Waals surface area contributed by atoms with Crippen LogP contribution in [0.5, 0.6) is 0 Å². The number of carbonyl (C=O) groups is 2. The predicted molar refractivity (Wildman–Crippen MR) is 108 cm³/mol. The van der Waals surface area contributed by atoms with Gasteiger partial charge < -0.3 is 14.4 Å². The third-order valence-corrected chi connectivity index (χ3v) is 5.64. The molecule has 1 saturated carbocycles. The summed E-state index contributed by atoms with van der Waals surface area (Å²) in [5.74, 6) is -0.494. The van der Waals surface area contributed by atoms with Crippen LogP contribution in [0.4, 0.5) is 4.79 Å². The molecular formula is C20H30N2O6S. The lowest BCUT2D eigenvalue weighted by atomic mass is 10.2. The number of ether oxygens (including phenoxy) is 2. The molecule has 2 rings (SSSR count). The largest absolute Gasteiger partial charge is 0.462 e. The van der Waals surface area contributed by atoms with E-state index in [0.29, 0.717) is 18.5 Å². The Labute approximate surface area is 172 Å². The first-order valence-electron chi connectivity index (χ1n) is 9.80. The van der Waals surface area contributed by atoms with Gasteiger partial charge in [-0.3, -0.25) is 0 Å².